The Morgan fingerprint density at radius 3 is 2.81 bits per heavy atom. The molecule has 2 aliphatic rings. The summed E-state index contributed by atoms with van der Waals surface area (Å²) in [6, 6.07) is 14.7. The Morgan fingerprint density at radius 2 is 2.03 bits per heavy atom. The Bertz CT molecular complexity index is 1150. The molecule has 2 heterocycles. The lowest BCUT2D eigenvalue weighted by atomic mass is 9.85. The molecule has 8 heteroatoms. The van der Waals surface area contributed by atoms with Gasteiger partial charge >= 0.3 is 0 Å². The molecular weight excluding hydrogens is 408 g/mol. The molecule has 1 aliphatic carbocycles. The van der Waals surface area contributed by atoms with E-state index in [-0.39, 0.29) is 18.2 Å². The third kappa shape index (κ3) is 3.84. The van der Waals surface area contributed by atoms with Gasteiger partial charge in [-0.05, 0) is 37.1 Å². The summed E-state index contributed by atoms with van der Waals surface area (Å²) in [5.41, 5.74) is 2.09. The average Bonchev–Trinajstić information content (AvgIpc) is 3.40. The number of methoxy groups -OCH3 is 1. The minimum absolute atomic E-state index is 0.0920. The number of amides is 2. The maximum atomic E-state index is 12.8. The Morgan fingerprint density at radius 1 is 1.19 bits per heavy atom. The average molecular weight is 432 g/mol. The van der Waals surface area contributed by atoms with Crippen LogP contribution in [0.25, 0.3) is 11.4 Å². The van der Waals surface area contributed by atoms with Crippen LogP contribution in [0.2, 0.25) is 0 Å². The van der Waals surface area contributed by atoms with E-state index in [1.165, 1.54) is 6.42 Å². The van der Waals surface area contributed by atoms with Gasteiger partial charge in [-0.2, -0.15) is 4.98 Å². The second-order valence-electron chi connectivity index (χ2n) is 8.23. The van der Waals surface area contributed by atoms with Crippen LogP contribution in [0.1, 0.15) is 37.5 Å². The van der Waals surface area contributed by atoms with Gasteiger partial charge in [0.1, 0.15) is 5.75 Å². The number of hydrogen-bond donors (Lipinski definition) is 1. The second-order valence-corrected chi connectivity index (χ2v) is 8.23. The zero-order valence-corrected chi connectivity index (χ0v) is 17.8. The number of benzene rings is 2. The molecule has 2 fully saturated rings. The molecule has 0 unspecified atom stereocenters. The number of para-hydroxylation sites is 2. The van der Waals surface area contributed by atoms with E-state index < -0.39 is 5.92 Å². The summed E-state index contributed by atoms with van der Waals surface area (Å²) in [4.78, 5) is 31.7. The molecule has 1 saturated heterocycles. The van der Waals surface area contributed by atoms with Crippen LogP contribution in [-0.2, 0) is 9.59 Å². The number of nitrogens with one attached hydrogen (secondary N) is 1. The van der Waals surface area contributed by atoms with Crippen LogP contribution in [0, 0.1) is 5.92 Å². The van der Waals surface area contributed by atoms with E-state index in [4.69, 9.17) is 9.26 Å². The predicted octanol–water partition coefficient (Wildman–Crippen LogP) is 4.00. The Balaban J connectivity index is 1.30. The number of ether oxygens (including phenoxy) is 1. The molecule has 1 aliphatic heterocycles. The predicted molar refractivity (Wildman–Crippen MR) is 118 cm³/mol. The highest BCUT2D eigenvalue weighted by molar-refractivity contribution is 6.04. The van der Waals surface area contributed by atoms with Crippen molar-refractivity contribution in [3.05, 3.63) is 54.4 Å². The minimum Gasteiger partial charge on any atom is -0.495 e. The quantitative estimate of drug-likeness (QED) is 0.632. The van der Waals surface area contributed by atoms with Crippen molar-refractivity contribution in [3.63, 3.8) is 0 Å². The summed E-state index contributed by atoms with van der Waals surface area (Å²) in [7, 11) is 1.55. The molecular formula is C24H24N4O4. The highest BCUT2D eigenvalue weighted by Gasteiger charge is 2.35. The zero-order valence-electron chi connectivity index (χ0n) is 17.8. The first-order chi connectivity index (χ1) is 15.6. The summed E-state index contributed by atoms with van der Waals surface area (Å²) in [6.07, 6.45) is 3.52. The fourth-order valence-electron chi connectivity index (χ4n) is 4.10. The van der Waals surface area contributed by atoms with Crippen molar-refractivity contribution in [3.8, 4) is 17.1 Å². The van der Waals surface area contributed by atoms with Crippen molar-refractivity contribution in [2.45, 2.75) is 31.6 Å². The molecule has 2 aromatic carbocycles. The van der Waals surface area contributed by atoms with Gasteiger partial charge in [-0.1, -0.05) is 35.8 Å². The van der Waals surface area contributed by atoms with Gasteiger partial charge in [0, 0.05) is 30.1 Å². The van der Waals surface area contributed by atoms with Gasteiger partial charge in [0.05, 0.1) is 18.7 Å². The molecule has 1 saturated carbocycles. The molecule has 164 valence electrons. The van der Waals surface area contributed by atoms with E-state index in [1.807, 2.05) is 36.4 Å². The molecule has 0 spiro atoms. The second kappa shape index (κ2) is 8.45. The number of carbonyl (C=O) groups excluding carboxylic acids is 2. The smallest absolute Gasteiger partial charge is 0.230 e. The van der Waals surface area contributed by atoms with E-state index in [0.29, 0.717) is 35.6 Å². The van der Waals surface area contributed by atoms with E-state index in [2.05, 4.69) is 15.5 Å². The van der Waals surface area contributed by atoms with E-state index >= 15 is 0 Å². The molecule has 8 nitrogen and oxygen atoms in total. The van der Waals surface area contributed by atoms with Crippen LogP contribution in [0.15, 0.2) is 53.1 Å². The molecule has 0 bridgehead atoms. The number of hydrogen-bond acceptors (Lipinski definition) is 6. The summed E-state index contributed by atoms with van der Waals surface area (Å²) in [6.45, 7) is 0.308. The lowest BCUT2D eigenvalue weighted by molar-refractivity contribution is -0.122. The number of anilines is 2. The summed E-state index contributed by atoms with van der Waals surface area (Å²) in [5, 5.41) is 7.00. The van der Waals surface area contributed by atoms with Gasteiger partial charge in [-0.25, -0.2) is 0 Å². The zero-order chi connectivity index (χ0) is 22.1. The van der Waals surface area contributed by atoms with Crippen LogP contribution in [0.3, 0.4) is 0 Å². The Kier molecular flexibility index (Phi) is 5.34. The summed E-state index contributed by atoms with van der Waals surface area (Å²) >= 11 is 0. The van der Waals surface area contributed by atoms with Crippen LogP contribution in [-0.4, -0.2) is 35.6 Å². The van der Waals surface area contributed by atoms with Crippen molar-refractivity contribution in [1.82, 2.24) is 10.1 Å². The maximum absolute atomic E-state index is 12.8. The largest absolute Gasteiger partial charge is 0.495 e. The molecule has 5 rings (SSSR count). The Labute approximate surface area is 185 Å². The maximum Gasteiger partial charge on any atom is 0.230 e. The monoisotopic (exact) mass is 432 g/mol. The Hall–Kier alpha value is -3.68. The fourth-order valence-corrected chi connectivity index (χ4v) is 4.10. The topological polar surface area (TPSA) is 97.6 Å². The van der Waals surface area contributed by atoms with E-state index in [0.717, 1.165) is 24.1 Å². The normalized spacial score (nSPS) is 18.5. The molecule has 1 aromatic heterocycles. The first-order valence-corrected chi connectivity index (χ1v) is 10.8. The standard InChI is InChI=1S/C24H24N4O4/c1-31-20-11-3-2-10-19(20)25-23(30)17-13-21(29)28(14-17)18-9-5-8-16(12-18)22-26-24(32-27-22)15-6-4-7-15/h2-3,5,8-12,15,17H,4,6-7,13-14H2,1H3,(H,25,30)/t17-/m0/s1. The van der Waals surface area contributed by atoms with Crippen LogP contribution in [0.4, 0.5) is 11.4 Å². The molecule has 1 atom stereocenters. The molecule has 1 N–H and O–H groups in total. The lowest BCUT2D eigenvalue weighted by Crippen LogP contribution is -2.28. The van der Waals surface area contributed by atoms with E-state index in [9.17, 15) is 9.59 Å². The summed E-state index contributed by atoms with van der Waals surface area (Å²) < 4.78 is 10.7. The number of carbonyl (C=O) groups is 2. The highest BCUT2D eigenvalue weighted by Crippen LogP contribution is 2.36. The van der Waals surface area contributed by atoms with Crippen molar-refractivity contribution in [2.75, 3.05) is 23.9 Å². The van der Waals surface area contributed by atoms with Gasteiger partial charge in [-0.3, -0.25) is 9.59 Å². The molecule has 3 aromatic rings. The minimum atomic E-state index is -0.452. The van der Waals surface area contributed by atoms with Gasteiger partial charge in [-0.15, -0.1) is 0 Å². The number of aromatic nitrogens is 2. The van der Waals surface area contributed by atoms with Crippen molar-refractivity contribution >= 4 is 23.2 Å². The van der Waals surface area contributed by atoms with Crippen molar-refractivity contribution in [2.24, 2.45) is 5.92 Å². The molecule has 32 heavy (non-hydrogen) atoms. The van der Waals surface area contributed by atoms with Crippen molar-refractivity contribution < 1.29 is 18.8 Å². The highest BCUT2D eigenvalue weighted by atomic mass is 16.5. The third-order valence-electron chi connectivity index (χ3n) is 6.17. The number of rotatable bonds is 6. The van der Waals surface area contributed by atoms with Crippen LogP contribution >= 0.6 is 0 Å². The van der Waals surface area contributed by atoms with Gasteiger partial charge < -0.3 is 19.5 Å². The van der Waals surface area contributed by atoms with Gasteiger partial charge in [0.25, 0.3) is 0 Å². The van der Waals surface area contributed by atoms with Crippen LogP contribution < -0.4 is 15.0 Å². The molecule has 0 radical (unpaired) electrons. The van der Waals surface area contributed by atoms with E-state index in [1.54, 1.807) is 24.1 Å². The molecule has 2 amide bonds. The van der Waals surface area contributed by atoms with Gasteiger partial charge in [0.15, 0.2) is 0 Å². The van der Waals surface area contributed by atoms with Crippen LogP contribution in [0.5, 0.6) is 5.75 Å². The first kappa shape index (κ1) is 20.2. The third-order valence-corrected chi connectivity index (χ3v) is 6.17. The van der Waals surface area contributed by atoms with Gasteiger partial charge in [0.2, 0.25) is 23.5 Å². The SMILES string of the molecule is COc1ccccc1NC(=O)[C@H]1CC(=O)N(c2cccc(-c3noc(C4CCC4)n3)c2)C1. The lowest BCUT2D eigenvalue weighted by Gasteiger charge is -2.20. The fraction of sp³-hybridized carbons (Fsp3) is 0.333. The van der Waals surface area contributed by atoms with Crippen molar-refractivity contribution in [1.29, 1.82) is 0 Å². The summed E-state index contributed by atoms with van der Waals surface area (Å²) in [5.74, 6) is 1.40. The number of nitrogens with zero attached hydrogens (tertiary/aromatic N) is 3. The first-order valence-electron chi connectivity index (χ1n) is 10.8.